The lowest BCUT2D eigenvalue weighted by molar-refractivity contribution is 0.0773. The maximum absolute atomic E-state index is 12.9. The molecular formula is C19H27N3O3S. The number of nitrogens with zero attached hydrogens (tertiary/aromatic N) is 1. The van der Waals surface area contributed by atoms with Crippen LogP contribution in [0.15, 0.2) is 18.2 Å². The monoisotopic (exact) mass is 377 g/mol. The van der Waals surface area contributed by atoms with Crippen LogP contribution in [0.3, 0.4) is 0 Å². The van der Waals surface area contributed by atoms with E-state index in [1.807, 2.05) is 35.7 Å². The van der Waals surface area contributed by atoms with Crippen molar-refractivity contribution in [2.75, 3.05) is 29.9 Å². The van der Waals surface area contributed by atoms with Gasteiger partial charge in [0, 0.05) is 24.6 Å². The highest BCUT2D eigenvalue weighted by atomic mass is 32.2. The van der Waals surface area contributed by atoms with Crippen molar-refractivity contribution < 1.29 is 14.7 Å². The molecule has 2 aliphatic rings. The topological polar surface area (TPSA) is 81.7 Å². The zero-order valence-corrected chi connectivity index (χ0v) is 16.0. The maximum Gasteiger partial charge on any atom is 0.319 e. The smallest absolute Gasteiger partial charge is 0.319 e. The van der Waals surface area contributed by atoms with Crippen molar-refractivity contribution in [3.8, 4) is 0 Å². The highest BCUT2D eigenvalue weighted by molar-refractivity contribution is 7.99. The molecule has 1 heterocycles. The lowest BCUT2D eigenvalue weighted by atomic mass is 9.93. The van der Waals surface area contributed by atoms with E-state index in [2.05, 4.69) is 10.6 Å². The number of amides is 3. The first-order valence-electron chi connectivity index (χ1n) is 9.28. The van der Waals surface area contributed by atoms with Crippen LogP contribution in [0.2, 0.25) is 0 Å². The van der Waals surface area contributed by atoms with Gasteiger partial charge in [-0.1, -0.05) is 25.0 Å². The van der Waals surface area contributed by atoms with Gasteiger partial charge in [0.05, 0.1) is 23.4 Å². The molecule has 2 fully saturated rings. The van der Waals surface area contributed by atoms with Crippen LogP contribution < -0.4 is 10.6 Å². The number of aliphatic hydroxyl groups excluding tert-OH is 1. The van der Waals surface area contributed by atoms with E-state index in [4.69, 9.17) is 0 Å². The summed E-state index contributed by atoms with van der Waals surface area (Å²) in [5.41, 5.74) is 1.93. The first kappa shape index (κ1) is 19.0. The molecule has 2 atom stereocenters. The standard InChI is InChI=1S/C19H27N3O3S/c1-13-5-4-6-14(18(24)22-9-11-26-12-10-22)17(13)21-19(25)20-15-7-2-3-8-16(15)23/h4-6,15-16,23H,2-3,7-12H2,1H3,(H2,20,21,25)/t15-,16-/m0/s1. The van der Waals surface area contributed by atoms with E-state index >= 15 is 0 Å². The minimum Gasteiger partial charge on any atom is -0.391 e. The molecule has 6 nitrogen and oxygen atoms in total. The fourth-order valence-electron chi connectivity index (χ4n) is 3.55. The van der Waals surface area contributed by atoms with Crippen molar-refractivity contribution >= 4 is 29.4 Å². The SMILES string of the molecule is Cc1cccc(C(=O)N2CCSCC2)c1NC(=O)N[C@H]1CCCC[C@@H]1O. The molecule has 1 aliphatic heterocycles. The Labute approximate surface area is 158 Å². The largest absolute Gasteiger partial charge is 0.391 e. The lowest BCUT2D eigenvalue weighted by Crippen LogP contribution is -2.47. The van der Waals surface area contributed by atoms with Crippen molar-refractivity contribution in [3.05, 3.63) is 29.3 Å². The van der Waals surface area contributed by atoms with Crippen molar-refractivity contribution in [2.24, 2.45) is 0 Å². The van der Waals surface area contributed by atoms with Crippen LogP contribution in [0.1, 0.15) is 41.6 Å². The van der Waals surface area contributed by atoms with Crippen LogP contribution in [-0.2, 0) is 0 Å². The number of anilines is 1. The van der Waals surface area contributed by atoms with Crippen LogP contribution in [0.4, 0.5) is 10.5 Å². The zero-order valence-electron chi connectivity index (χ0n) is 15.2. The molecule has 7 heteroatoms. The predicted molar refractivity (Wildman–Crippen MR) is 105 cm³/mol. The number of benzene rings is 1. The third kappa shape index (κ3) is 4.51. The van der Waals surface area contributed by atoms with E-state index in [9.17, 15) is 14.7 Å². The molecule has 0 spiro atoms. The Kier molecular flexibility index (Phi) is 6.43. The second-order valence-corrected chi connectivity index (χ2v) is 8.18. The number of hydrogen-bond acceptors (Lipinski definition) is 4. The number of para-hydroxylation sites is 1. The van der Waals surface area contributed by atoms with Crippen molar-refractivity contribution in [1.29, 1.82) is 0 Å². The Bertz CT molecular complexity index is 661. The van der Waals surface area contributed by atoms with Gasteiger partial charge in [0.2, 0.25) is 0 Å². The summed E-state index contributed by atoms with van der Waals surface area (Å²) < 4.78 is 0. The molecule has 0 radical (unpaired) electrons. The molecular weight excluding hydrogens is 350 g/mol. The van der Waals surface area contributed by atoms with Gasteiger partial charge in [-0.15, -0.1) is 0 Å². The molecule has 0 bridgehead atoms. The van der Waals surface area contributed by atoms with Gasteiger partial charge in [0.25, 0.3) is 5.91 Å². The van der Waals surface area contributed by atoms with Gasteiger partial charge in [-0.2, -0.15) is 11.8 Å². The number of rotatable bonds is 3. The van der Waals surface area contributed by atoms with E-state index in [-0.39, 0.29) is 18.0 Å². The second-order valence-electron chi connectivity index (χ2n) is 6.96. The van der Waals surface area contributed by atoms with E-state index in [1.54, 1.807) is 6.07 Å². The molecule has 3 N–H and O–H groups in total. The molecule has 1 saturated carbocycles. The van der Waals surface area contributed by atoms with Crippen LogP contribution in [0, 0.1) is 6.92 Å². The van der Waals surface area contributed by atoms with Crippen molar-refractivity contribution in [1.82, 2.24) is 10.2 Å². The molecule has 26 heavy (non-hydrogen) atoms. The number of urea groups is 1. The summed E-state index contributed by atoms with van der Waals surface area (Å²) in [7, 11) is 0. The molecule has 142 valence electrons. The van der Waals surface area contributed by atoms with Crippen LogP contribution in [0.25, 0.3) is 0 Å². The molecule has 1 aliphatic carbocycles. The minimum absolute atomic E-state index is 0.0398. The van der Waals surface area contributed by atoms with Gasteiger partial charge in [0.15, 0.2) is 0 Å². The summed E-state index contributed by atoms with van der Waals surface area (Å²) in [5.74, 6) is 1.85. The average Bonchev–Trinajstić information content (AvgIpc) is 2.65. The molecule has 3 rings (SSSR count). The Morgan fingerprint density at radius 3 is 2.65 bits per heavy atom. The van der Waals surface area contributed by atoms with Gasteiger partial charge in [-0.05, 0) is 31.4 Å². The fraction of sp³-hybridized carbons (Fsp3) is 0.579. The number of carbonyl (C=O) groups excluding carboxylic acids is 2. The van der Waals surface area contributed by atoms with Gasteiger partial charge in [0.1, 0.15) is 0 Å². The fourth-order valence-corrected chi connectivity index (χ4v) is 4.45. The lowest BCUT2D eigenvalue weighted by Gasteiger charge is -2.29. The number of hydrogen-bond donors (Lipinski definition) is 3. The zero-order chi connectivity index (χ0) is 18.5. The summed E-state index contributed by atoms with van der Waals surface area (Å²) in [6.07, 6.45) is 2.98. The van der Waals surface area contributed by atoms with E-state index in [1.165, 1.54) is 0 Å². The van der Waals surface area contributed by atoms with Crippen LogP contribution in [-0.4, -0.2) is 58.7 Å². The number of carbonyl (C=O) groups is 2. The summed E-state index contributed by atoms with van der Waals surface area (Å²) >= 11 is 1.85. The second kappa shape index (κ2) is 8.77. The van der Waals surface area contributed by atoms with Crippen molar-refractivity contribution in [2.45, 2.75) is 44.8 Å². The summed E-state index contributed by atoms with van der Waals surface area (Å²) in [6.45, 7) is 3.35. The average molecular weight is 378 g/mol. The van der Waals surface area contributed by atoms with Crippen LogP contribution >= 0.6 is 11.8 Å². The molecule has 1 saturated heterocycles. The minimum atomic E-state index is -0.502. The van der Waals surface area contributed by atoms with E-state index < -0.39 is 6.10 Å². The quantitative estimate of drug-likeness (QED) is 0.756. The molecule has 1 aromatic rings. The Morgan fingerprint density at radius 2 is 1.92 bits per heavy atom. The number of thioether (sulfide) groups is 1. The summed E-state index contributed by atoms with van der Waals surface area (Å²) in [5, 5.41) is 15.8. The van der Waals surface area contributed by atoms with Gasteiger partial charge in [-0.25, -0.2) is 4.79 Å². The van der Waals surface area contributed by atoms with Gasteiger partial charge >= 0.3 is 6.03 Å². The third-order valence-electron chi connectivity index (χ3n) is 5.09. The van der Waals surface area contributed by atoms with Gasteiger partial charge < -0.3 is 20.6 Å². The maximum atomic E-state index is 12.9. The number of nitrogens with one attached hydrogen (secondary N) is 2. The number of aliphatic hydroxyl groups is 1. The Balaban J connectivity index is 1.72. The normalized spacial score (nSPS) is 23.4. The van der Waals surface area contributed by atoms with Crippen molar-refractivity contribution in [3.63, 3.8) is 0 Å². The summed E-state index contributed by atoms with van der Waals surface area (Å²) in [4.78, 5) is 27.2. The Hall–Kier alpha value is -1.73. The van der Waals surface area contributed by atoms with E-state index in [0.29, 0.717) is 17.7 Å². The molecule has 0 unspecified atom stereocenters. The summed E-state index contributed by atoms with van der Waals surface area (Å²) in [6, 6.07) is 4.89. The molecule has 3 amide bonds. The molecule has 0 aromatic heterocycles. The highest BCUT2D eigenvalue weighted by Crippen LogP contribution is 2.24. The molecule has 1 aromatic carbocycles. The highest BCUT2D eigenvalue weighted by Gasteiger charge is 2.26. The Morgan fingerprint density at radius 1 is 1.19 bits per heavy atom. The first-order valence-corrected chi connectivity index (χ1v) is 10.4. The van der Waals surface area contributed by atoms with Gasteiger partial charge in [-0.3, -0.25) is 4.79 Å². The third-order valence-corrected chi connectivity index (χ3v) is 6.03. The van der Waals surface area contributed by atoms with Crippen LogP contribution in [0.5, 0.6) is 0 Å². The van der Waals surface area contributed by atoms with E-state index in [0.717, 1.165) is 49.4 Å². The first-order chi connectivity index (χ1) is 12.6. The predicted octanol–water partition coefficient (Wildman–Crippen LogP) is 2.61. The number of aryl methyl sites for hydroxylation is 1.